The molecule has 2 nitrogen and oxygen atoms in total. The van der Waals surface area contributed by atoms with Crippen molar-refractivity contribution >= 4 is 0 Å². The van der Waals surface area contributed by atoms with Crippen LogP contribution in [0, 0.1) is 0 Å². The van der Waals surface area contributed by atoms with Gasteiger partial charge in [-0.3, -0.25) is 5.32 Å². The van der Waals surface area contributed by atoms with Crippen molar-refractivity contribution in [2.75, 3.05) is 0 Å². The summed E-state index contributed by atoms with van der Waals surface area (Å²) in [5.41, 5.74) is 0. The highest BCUT2D eigenvalue weighted by atomic mass is 15.1. The summed E-state index contributed by atoms with van der Waals surface area (Å²) >= 11 is 0. The van der Waals surface area contributed by atoms with Gasteiger partial charge in [0.1, 0.15) is 0 Å². The summed E-state index contributed by atoms with van der Waals surface area (Å²) in [7, 11) is 0. The van der Waals surface area contributed by atoms with Gasteiger partial charge in [0, 0.05) is 6.04 Å². The molecule has 0 spiro atoms. The summed E-state index contributed by atoms with van der Waals surface area (Å²) in [5.74, 6) is 0. The van der Waals surface area contributed by atoms with E-state index in [1.807, 2.05) is 6.20 Å². The van der Waals surface area contributed by atoms with E-state index in [1.54, 1.807) is 0 Å². The van der Waals surface area contributed by atoms with Crippen LogP contribution in [0.15, 0.2) is 12.3 Å². The Balaban J connectivity index is 2.38. The van der Waals surface area contributed by atoms with E-state index in [2.05, 4.69) is 30.6 Å². The third-order valence-electron chi connectivity index (χ3n) is 1.55. The van der Waals surface area contributed by atoms with Gasteiger partial charge in [-0.2, -0.15) is 0 Å². The first-order valence-corrected chi connectivity index (χ1v) is 3.51. The molecule has 2 heteroatoms. The molecule has 0 radical (unpaired) electrons. The SMILES string of the molecule is CCC1NC=CC(C)N1. The summed E-state index contributed by atoms with van der Waals surface area (Å²) in [4.78, 5) is 0. The van der Waals surface area contributed by atoms with Crippen molar-refractivity contribution in [3.63, 3.8) is 0 Å². The first-order valence-electron chi connectivity index (χ1n) is 3.51. The van der Waals surface area contributed by atoms with Gasteiger partial charge in [0.15, 0.2) is 0 Å². The average Bonchev–Trinajstić information content (AvgIpc) is 1.88. The molecule has 0 aliphatic carbocycles. The fourth-order valence-electron chi connectivity index (χ4n) is 0.973. The minimum atomic E-state index is 0.477. The van der Waals surface area contributed by atoms with Crippen LogP contribution in [0.4, 0.5) is 0 Å². The zero-order valence-corrected chi connectivity index (χ0v) is 6.02. The normalized spacial score (nSPS) is 34.0. The van der Waals surface area contributed by atoms with Crippen LogP contribution < -0.4 is 10.6 Å². The molecule has 0 saturated heterocycles. The molecule has 2 unspecified atom stereocenters. The van der Waals surface area contributed by atoms with E-state index in [4.69, 9.17) is 0 Å². The molecule has 9 heavy (non-hydrogen) atoms. The Labute approximate surface area is 56.3 Å². The summed E-state index contributed by atoms with van der Waals surface area (Å²) in [6, 6.07) is 0.524. The molecular weight excluding hydrogens is 112 g/mol. The predicted molar refractivity (Wildman–Crippen MR) is 39.0 cm³/mol. The average molecular weight is 126 g/mol. The lowest BCUT2D eigenvalue weighted by atomic mass is 10.2. The fraction of sp³-hybridized carbons (Fsp3) is 0.714. The standard InChI is InChI=1S/C7H14N2/c1-3-7-8-5-4-6(2)9-7/h4-9H,3H2,1-2H3. The maximum Gasteiger partial charge on any atom is 0.0764 e. The van der Waals surface area contributed by atoms with Crippen molar-refractivity contribution in [3.8, 4) is 0 Å². The van der Waals surface area contributed by atoms with E-state index in [0.717, 1.165) is 6.42 Å². The van der Waals surface area contributed by atoms with E-state index >= 15 is 0 Å². The number of hydrogen-bond donors (Lipinski definition) is 2. The highest BCUT2D eigenvalue weighted by Gasteiger charge is 2.08. The summed E-state index contributed by atoms with van der Waals surface area (Å²) in [5, 5.41) is 6.58. The molecule has 1 rings (SSSR count). The van der Waals surface area contributed by atoms with Crippen molar-refractivity contribution in [2.24, 2.45) is 0 Å². The quantitative estimate of drug-likeness (QED) is 0.543. The van der Waals surface area contributed by atoms with E-state index in [9.17, 15) is 0 Å². The van der Waals surface area contributed by atoms with Gasteiger partial charge in [-0.15, -0.1) is 0 Å². The second-order valence-electron chi connectivity index (χ2n) is 2.44. The molecular formula is C7H14N2. The van der Waals surface area contributed by atoms with Gasteiger partial charge in [0.2, 0.25) is 0 Å². The molecule has 0 amide bonds. The largest absolute Gasteiger partial charge is 0.376 e. The molecule has 2 N–H and O–H groups in total. The Bertz CT molecular complexity index is 109. The zero-order valence-electron chi connectivity index (χ0n) is 6.02. The van der Waals surface area contributed by atoms with Crippen LogP contribution in [0.3, 0.4) is 0 Å². The van der Waals surface area contributed by atoms with Crippen molar-refractivity contribution in [1.29, 1.82) is 0 Å². The van der Waals surface area contributed by atoms with Crippen molar-refractivity contribution < 1.29 is 0 Å². The number of nitrogens with one attached hydrogen (secondary N) is 2. The molecule has 1 aliphatic heterocycles. The lowest BCUT2D eigenvalue weighted by Crippen LogP contribution is -2.46. The summed E-state index contributed by atoms with van der Waals surface area (Å²) < 4.78 is 0. The fourth-order valence-corrected chi connectivity index (χ4v) is 0.973. The Kier molecular flexibility index (Phi) is 2.11. The topological polar surface area (TPSA) is 24.1 Å². The summed E-state index contributed by atoms with van der Waals surface area (Å²) in [6.07, 6.45) is 5.75. The van der Waals surface area contributed by atoms with Crippen LogP contribution in [-0.4, -0.2) is 12.2 Å². The molecule has 0 aromatic rings. The Hall–Kier alpha value is -0.500. The Morgan fingerprint density at radius 3 is 2.78 bits per heavy atom. The molecule has 1 aliphatic rings. The molecule has 52 valence electrons. The molecule has 0 aromatic heterocycles. The van der Waals surface area contributed by atoms with Gasteiger partial charge >= 0.3 is 0 Å². The zero-order chi connectivity index (χ0) is 6.69. The molecule has 2 atom stereocenters. The van der Waals surface area contributed by atoms with Gasteiger partial charge in [0.05, 0.1) is 6.17 Å². The second-order valence-corrected chi connectivity index (χ2v) is 2.44. The van der Waals surface area contributed by atoms with Gasteiger partial charge in [-0.1, -0.05) is 13.0 Å². The Morgan fingerprint density at radius 2 is 2.33 bits per heavy atom. The minimum Gasteiger partial charge on any atom is -0.376 e. The smallest absolute Gasteiger partial charge is 0.0764 e. The molecule has 0 aromatic carbocycles. The van der Waals surface area contributed by atoms with Crippen molar-refractivity contribution in [1.82, 2.24) is 10.6 Å². The van der Waals surface area contributed by atoms with Crippen LogP contribution >= 0.6 is 0 Å². The Morgan fingerprint density at radius 1 is 1.56 bits per heavy atom. The molecule has 0 bridgehead atoms. The van der Waals surface area contributed by atoms with Crippen LogP contribution in [-0.2, 0) is 0 Å². The van der Waals surface area contributed by atoms with E-state index in [-0.39, 0.29) is 0 Å². The minimum absolute atomic E-state index is 0.477. The highest BCUT2D eigenvalue weighted by molar-refractivity contribution is 4.96. The monoisotopic (exact) mass is 126 g/mol. The summed E-state index contributed by atoms with van der Waals surface area (Å²) in [6.45, 7) is 4.32. The lowest BCUT2D eigenvalue weighted by Gasteiger charge is -2.24. The maximum absolute atomic E-state index is 3.37. The molecule has 0 saturated carbocycles. The van der Waals surface area contributed by atoms with E-state index < -0.39 is 0 Å². The van der Waals surface area contributed by atoms with Gasteiger partial charge in [0.25, 0.3) is 0 Å². The highest BCUT2D eigenvalue weighted by Crippen LogP contribution is 1.96. The maximum atomic E-state index is 3.37. The first-order chi connectivity index (χ1) is 4.33. The van der Waals surface area contributed by atoms with E-state index in [1.165, 1.54) is 0 Å². The van der Waals surface area contributed by atoms with E-state index in [0.29, 0.717) is 12.2 Å². The van der Waals surface area contributed by atoms with Crippen LogP contribution in [0.2, 0.25) is 0 Å². The van der Waals surface area contributed by atoms with Crippen molar-refractivity contribution in [2.45, 2.75) is 32.5 Å². The van der Waals surface area contributed by atoms with Crippen LogP contribution in [0.5, 0.6) is 0 Å². The van der Waals surface area contributed by atoms with Crippen LogP contribution in [0.25, 0.3) is 0 Å². The lowest BCUT2D eigenvalue weighted by molar-refractivity contribution is 0.416. The second kappa shape index (κ2) is 2.87. The molecule has 1 heterocycles. The van der Waals surface area contributed by atoms with Crippen LogP contribution in [0.1, 0.15) is 20.3 Å². The first kappa shape index (κ1) is 6.62. The van der Waals surface area contributed by atoms with Crippen molar-refractivity contribution in [3.05, 3.63) is 12.3 Å². The third kappa shape index (κ3) is 1.72. The third-order valence-corrected chi connectivity index (χ3v) is 1.55. The van der Waals surface area contributed by atoms with Gasteiger partial charge < -0.3 is 5.32 Å². The number of hydrogen-bond acceptors (Lipinski definition) is 2. The van der Waals surface area contributed by atoms with Gasteiger partial charge in [-0.05, 0) is 19.5 Å². The molecule has 0 fully saturated rings. The number of rotatable bonds is 1. The van der Waals surface area contributed by atoms with Gasteiger partial charge in [-0.25, -0.2) is 0 Å². The predicted octanol–water partition coefficient (Wildman–Crippen LogP) is 0.817.